The number of carbonyl (C=O) groups is 1. The third-order valence-electron chi connectivity index (χ3n) is 2.60. The summed E-state index contributed by atoms with van der Waals surface area (Å²) in [5.41, 5.74) is 0.436. The Labute approximate surface area is 114 Å². The normalized spacial score (nSPS) is 11.4. The zero-order valence-electron chi connectivity index (χ0n) is 10.2. The molecular weight excluding hydrogens is 284 g/mol. The van der Waals surface area contributed by atoms with Crippen LogP contribution in [0.15, 0.2) is 40.7 Å². The number of carbonyl (C=O) groups excluding carboxylic acids is 1. The van der Waals surface area contributed by atoms with Crippen LogP contribution in [-0.2, 0) is 16.4 Å². The first kappa shape index (κ1) is 13.7. The Balaban J connectivity index is 2.21. The van der Waals surface area contributed by atoms with Gasteiger partial charge in [-0.05, 0) is 12.1 Å². The second-order valence-electron chi connectivity index (χ2n) is 4.06. The lowest BCUT2D eigenvalue weighted by atomic mass is 10.1. The van der Waals surface area contributed by atoms with Crippen molar-refractivity contribution in [2.24, 2.45) is 0 Å². The average Bonchev–Trinajstić information content (AvgIpc) is 2.74. The molecule has 0 unspecified atom stereocenters. The molecule has 0 atom stereocenters. The summed E-state index contributed by atoms with van der Waals surface area (Å²) in [4.78, 5) is 12.5. The molecule has 0 amide bonds. The summed E-state index contributed by atoms with van der Waals surface area (Å²) in [5, 5.41) is 9.31. The Morgan fingerprint density at radius 3 is 2.42 bits per heavy atom. The van der Waals surface area contributed by atoms with Crippen molar-refractivity contribution in [3.05, 3.63) is 46.2 Å². The van der Waals surface area contributed by atoms with Gasteiger partial charge in [0.15, 0.2) is 20.4 Å². The fourth-order valence-electron chi connectivity index (χ4n) is 1.56. The van der Waals surface area contributed by atoms with E-state index < -0.39 is 9.84 Å². The van der Waals surface area contributed by atoms with Crippen LogP contribution in [0.5, 0.6) is 0 Å². The van der Waals surface area contributed by atoms with E-state index in [0.29, 0.717) is 10.4 Å². The van der Waals surface area contributed by atoms with Crippen molar-refractivity contribution in [3.63, 3.8) is 0 Å². The third kappa shape index (κ3) is 3.18. The quantitative estimate of drug-likeness (QED) is 0.864. The largest absolute Gasteiger partial charge is 0.316 e. The van der Waals surface area contributed by atoms with E-state index in [1.165, 1.54) is 40.2 Å². The molecule has 5 nitrogen and oxygen atoms in total. The molecule has 0 bridgehead atoms. The lowest BCUT2D eigenvalue weighted by molar-refractivity contribution is 0.0971. The van der Waals surface area contributed by atoms with E-state index in [9.17, 15) is 13.2 Å². The van der Waals surface area contributed by atoms with Crippen LogP contribution in [0.3, 0.4) is 0 Å². The van der Waals surface area contributed by atoms with Crippen molar-refractivity contribution < 1.29 is 13.2 Å². The Morgan fingerprint density at radius 2 is 1.95 bits per heavy atom. The summed E-state index contributed by atoms with van der Waals surface area (Å²) in [6, 6.07) is 5.83. The first-order valence-corrected chi connectivity index (χ1v) is 8.17. The predicted octanol–water partition coefficient (Wildman–Crippen LogP) is 1.32. The minimum atomic E-state index is -3.25. The number of hydrogen-bond acceptors (Lipinski definition) is 5. The number of Topliss-reactive ketones (excluding diaryl/α,β-unsaturated/α-hetero) is 1. The molecule has 0 radical (unpaired) electrons. The van der Waals surface area contributed by atoms with Crippen molar-refractivity contribution in [3.8, 4) is 0 Å². The fourth-order valence-corrected chi connectivity index (χ4v) is 2.79. The molecule has 0 aliphatic rings. The maximum atomic E-state index is 12.0. The molecule has 19 heavy (non-hydrogen) atoms. The number of hydrogen-bond donors (Lipinski definition) is 1. The average molecular weight is 296 g/mol. The number of thiazole rings is 1. The molecule has 1 aromatic carbocycles. The molecule has 0 fully saturated rings. The van der Waals surface area contributed by atoms with Gasteiger partial charge in [-0.2, -0.15) is 0 Å². The zero-order chi connectivity index (χ0) is 14.0. The molecule has 0 saturated carbocycles. The Kier molecular flexibility index (Phi) is 3.68. The van der Waals surface area contributed by atoms with Gasteiger partial charge in [0, 0.05) is 23.4 Å². The van der Waals surface area contributed by atoms with Crippen molar-refractivity contribution >= 4 is 27.0 Å². The topological polar surface area (TPSA) is 80.0 Å². The summed E-state index contributed by atoms with van der Waals surface area (Å²) in [6.45, 7) is 0.0839. The molecule has 1 heterocycles. The Morgan fingerprint density at radius 1 is 1.32 bits per heavy atom. The van der Waals surface area contributed by atoms with Crippen LogP contribution < -0.4 is 4.80 Å². The van der Waals surface area contributed by atoms with Gasteiger partial charge in [-0.1, -0.05) is 12.1 Å². The van der Waals surface area contributed by atoms with Crippen LogP contribution in [0, 0.1) is 5.41 Å². The maximum absolute atomic E-state index is 12.0. The van der Waals surface area contributed by atoms with E-state index in [2.05, 4.69) is 0 Å². The standard InChI is InChI=1S/C12H12N2O3S2/c1-19(16,17)10-4-2-9(3-5-10)11(15)8-14-6-7-18-12(14)13/h2-7,13H,8H2,1H3. The molecule has 0 saturated heterocycles. The predicted molar refractivity (Wildman–Crippen MR) is 72.0 cm³/mol. The second-order valence-corrected chi connectivity index (χ2v) is 6.97. The van der Waals surface area contributed by atoms with E-state index >= 15 is 0 Å². The van der Waals surface area contributed by atoms with Crippen molar-refractivity contribution in [1.82, 2.24) is 4.57 Å². The number of rotatable bonds is 4. The SMILES string of the molecule is CS(=O)(=O)c1ccc(C(=O)Cn2ccsc2=N)cc1. The van der Waals surface area contributed by atoms with Gasteiger partial charge in [0.2, 0.25) is 0 Å². The molecule has 0 aliphatic heterocycles. The number of benzene rings is 1. The smallest absolute Gasteiger partial charge is 0.182 e. The third-order valence-corrected chi connectivity index (χ3v) is 4.44. The van der Waals surface area contributed by atoms with Gasteiger partial charge in [-0.3, -0.25) is 10.2 Å². The van der Waals surface area contributed by atoms with E-state index in [0.717, 1.165) is 6.26 Å². The molecule has 2 rings (SSSR count). The molecule has 1 N–H and O–H groups in total. The van der Waals surface area contributed by atoms with Gasteiger partial charge in [0.25, 0.3) is 0 Å². The molecule has 7 heteroatoms. The highest BCUT2D eigenvalue weighted by molar-refractivity contribution is 7.90. The van der Waals surface area contributed by atoms with Gasteiger partial charge >= 0.3 is 0 Å². The van der Waals surface area contributed by atoms with Crippen LogP contribution in [0.25, 0.3) is 0 Å². The highest BCUT2D eigenvalue weighted by Gasteiger charge is 2.10. The van der Waals surface area contributed by atoms with E-state index in [4.69, 9.17) is 5.41 Å². The number of sulfone groups is 1. The highest BCUT2D eigenvalue weighted by Crippen LogP contribution is 2.11. The fraction of sp³-hybridized carbons (Fsp3) is 0.167. The van der Waals surface area contributed by atoms with Gasteiger partial charge in [0.1, 0.15) is 0 Å². The van der Waals surface area contributed by atoms with E-state index in [1.807, 2.05) is 0 Å². The van der Waals surface area contributed by atoms with E-state index in [-0.39, 0.29) is 17.2 Å². The molecule has 1 aromatic heterocycles. The monoisotopic (exact) mass is 296 g/mol. The minimum absolute atomic E-state index is 0.0839. The molecule has 100 valence electrons. The summed E-state index contributed by atoms with van der Waals surface area (Å²) < 4.78 is 24.1. The molecular formula is C12H12N2O3S2. The number of nitrogens with one attached hydrogen (secondary N) is 1. The minimum Gasteiger partial charge on any atom is -0.316 e. The summed E-state index contributed by atoms with van der Waals surface area (Å²) in [5.74, 6) is -0.156. The van der Waals surface area contributed by atoms with Crippen molar-refractivity contribution in [2.45, 2.75) is 11.4 Å². The lowest BCUT2D eigenvalue weighted by Gasteiger charge is -2.03. The Bertz CT molecular complexity index is 755. The zero-order valence-corrected chi connectivity index (χ0v) is 11.8. The van der Waals surface area contributed by atoms with Gasteiger partial charge in [0.05, 0.1) is 11.4 Å². The summed E-state index contributed by atoms with van der Waals surface area (Å²) in [7, 11) is -3.25. The van der Waals surface area contributed by atoms with Crippen LogP contribution in [-0.4, -0.2) is 25.0 Å². The maximum Gasteiger partial charge on any atom is 0.182 e. The molecule has 2 aromatic rings. The van der Waals surface area contributed by atoms with Crippen molar-refractivity contribution in [2.75, 3.05) is 6.26 Å². The lowest BCUT2D eigenvalue weighted by Crippen LogP contribution is -2.18. The summed E-state index contributed by atoms with van der Waals surface area (Å²) >= 11 is 1.25. The van der Waals surface area contributed by atoms with Crippen LogP contribution in [0.2, 0.25) is 0 Å². The molecule has 0 aliphatic carbocycles. The van der Waals surface area contributed by atoms with Crippen LogP contribution in [0.4, 0.5) is 0 Å². The number of nitrogens with zero attached hydrogens (tertiary/aromatic N) is 1. The first-order valence-electron chi connectivity index (χ1n) is 5.40. The first-order chi connectivity index (χ1) is 8.88. The van der Waals surface area contributed by atoms with Gasteiger partial charge in [-0.25, -0.2) is 8.42 Å². The van der Waals surface area contributed by atoms with Gasteiger partial charge < -0.3 is 4.57 Å². The summed E-state index contributed by atoms with van der Waals surface area (Å²) in [6.07, 6.45) is 2.80. The second kappa shape index (κ2) is 5.10. The van der Waals surface area contributed by atoms with Crippen LogP contribution >= 0.6 is 11.3 Å². The van der Waals surface area contributed by atoms with Crippen molar-refractivity contribution in [1.29, 1.82) is 5.41 Å². The number of ketones is 1. The van der Waals surface area contributed by atoms with E-state index in [1.54, 1.807) is 11.6 Å². The Hall–Kier alpha value is -1.73. The van der Waals surface area contributed by atoms with Crippen LogP contribution in [0.1, 0.15) is 10.4 Å². The highest BCUT2D eigenvalue weighted by atomic mass is 32.2. The molecule has 0 spiro atoms. The number of aromatic nitrogens is 1. The van der Waals surface area contributed by atoms with Gasteiger partial charge in [-0.15, -0.1) is 11.3 Å².